The molecule has 1 N–H and O–H groups in total. The number of rotatable bonds is 4. The molecule has 5 nitrogen and oxygen atoms in total. The standard InChI is InChI=1S/C10H16N4O/c1-3-7(2)10(15)9-6-14(13-12-9)8-4-11-5-8/h6-8,11H,3-5H2,1-2H3. The second-order valence-electron chi connectivity index (χ2n) is 4.07. The highest BCUT2D eigenvalue weighted by molar-refractivity contribution is 5.95. The summed E-state index contributed by atoms with van der Waals surface area (Å²) < 4.78 is 1.78. The van der Waals surface area contributed by atoms with E-state index in [1.165, 1.54) is 0 Å². The van der Waals surface area contributed by atoms with E-state index in [1.807, 2.05) is 13.8 Å². The molecule has 1 unspecified atom stereocenters. The predicted molar refractivity (Wildman–Crippen MR) is 55.7 cm³/mol. The minimum Gasteiger partial charge on any atom is -0.312 e. The third-order valence-electron chi connectivity index (χ3n) is 2.96. The van der Waals surface area contributed by atoms with Crippen LogP contribution in [0.5, 0.6) is 0 Å². The van der Waals surface area contributed by atoms with E-state index in [0.29, 0.717) is 11.7 Å². The molecule has 0 aromatic carbocycles. The highest BCUT2D eigenvalue weighted by atomic mass is 16.1. The SMILES string of the molecule is CCC(C)C(=O)c1cn(C2CNC2)nn1. The fourth-order valence-corrected chi connectivity index (χ4v) is 1.47. The number of aromatic nitrogens is 3. The Balaban J connectivity index is 2.08. The molecular weight excluding hydrogens is 192 g/mol. The molecule has 1 saturated heterocycles. The van der Waals surface area contributed by atoms with Gasteiger partial charge in [-0.1, -0.05) is 19.1 Å². The molecule has 1 aromatic heterocycles. The molecule has 0 aliphatic carbocycles. The molecule has 0 saturated carbocycles. The predicted octanol–water partition coefficient (Wildman–Crippen LogP) is 0.651. The Labute approximate surface area is 88.9 Å². The van der Waals surface area contributed by atoms with Crippen LogP contribution in [-0.2, 0) is 0 Å². The van der Waals surface area contributed by atoms with Crippen LogP contribution in [0.25, 0.3) is 0 Å². The topological polar surface area (TPSA) is 59.8 Å². The number of Topliss-reactive ketones (excluding diaryl/α,β-unsaturated/α-hetero) is 1. The zero-order valence-electron chi connectivity index (χ0n) is 9.10. The number of carbonyl (C=O) groups excluding carboxylic acids is 1. The first-order valence-corrected chi connectivity index (χ1v) is 5.39. The number of nitrogens with one attached hydrogen (secondary N) is 1. The number of nitrogens with zero attached hydrogens (tertiary/aromatic N) is 3. The van der Waals surface area contributed by atoms with Crippen LogP contribution >= 0.6 is 0 Å². The van der Waals surface area contributed by atoms with E-state index >= 15 is 0 Å². The smallest absolute Gasteiger partial charge is 0.187 e. The summed E-state index contributed by atoms with van der Waals surface area (Å²) in [5.41, 5.74) is 0.497. The van der Waals surface area contributed by atoms with Gasteiger partial charge >= 0.3 is 0 Å². The number of hydrogen-bond donors (Lipinski definition) is 1. The highest BCUT2D eigenvalue weighted by Gasteiger charge is 2.22. The molecule has 1 aliphatic rings. The van der Waals surface area contributed by atoms with E-state index in [1.54, 1.807) is 10.9 Å². The van der Waals surface area contributed by atoms with Gasteiger partial charge in [-0.05, 0) is 6.42 Å². The van der Waals surface area contributed by atoms with Crippen molar-refractivity contribution in [3.05, 3.63) is 11.9 Å². The van der Waals surface area contributed by atoms with Gasteiger partial charge in [0.15, 0.2) is 5.78 Å². The number of ketones is 1. The average molecular weight is 208 g/mol. The van der Waals surface area contributed by atoms with Crippen molar-refractivity contribution in [2.75, 3.05) is 13.1 Å². The Morgan fingerprint density at radius 3 is 3.00 bits per heavy atom. The first-order valence-electron chi connectivity index (χ1n) is 5.39. The summed E-state index contributed by atoms with van der Waals surface area (Å²) in [5, 5.41) is 11.1. The Bertz CT molecular complexity index is 356. The molecule has 1 fully saturated rings. The lowest BCUT2D eigenvalue weighted by Crippen LogP contribution is -2.43. The number of carbonyl (C=O) groups is 1. The summed E-state index contributed by atoms with van der Waals surface area (Å²) >= 11 is 0. The quantitative estimate of drug-likeness (QED) is 0.738. The highest BCUT2D eigenvalue weighted by Crippen LogP contribution is 2.13. The van der Waals surface area contributed by atoms with Crippen LogP contribution in [0.15, 0.2) is 6.20 Å². The van der Waals surface area contributed by atoms with E-state index in [4.69, 9.17) is 0 Å². The van der Waals surface area contributed by atoms with Gasteiger partial charge in [0.2, 0.25) is 0 Å². The Hall–Kier alpha value is -1.23. The van der Waals surface area contributed by atoms with Crippen molar-refractivity contribution in [2.24, 2.45) is 5.92 Å². The van der Waals surface area contributed by atoms with Crippen molar-refractivity contribution in [1.82, 2.24) is 20.3 Å². The van der Waals surface area contributed by atoms with Crippen molar-refractivity contribution >= 4 is 5.78 Å². The van der Waals surface area contributed by atoms with Crippen LogP contribution in [-0.4, -0.2) is 33.9 Å². The third-order valence-corrected chi connectivity index (χ3v) is 2.96. The van der Waals surface area contributed by atoms with Crippen LogP contribution in [0, 0.1) is 5.92 Å². The molecule has 82 valence electrons. The molecule has 1 aromatic rings. The molecule has 2 rings (SSSR count). The van der Waals surface area contributed by atoms with Crippen LogP contribution in [0.2, 0.25) is 0 Å². The lowest BCUT2D eigenvalue weighted by Gasteiger charge is -2.26. The van der Waals surface area contributed by atoms with E-state index in [-0.39, 0.29) is 11.7 Å². The van der Waals surface area contributed by atoms with Gasteiger partial charge in [0.25, 0.3) is 0 Å². The molecule has 1 aliphatic heterocycles. The van der Waals surface area contributed by atoms with Gasteiger partial charge in [0.05, 0.1) is 12.2 Å². The molecule has 0 radical (unpaired) electrons. The van der Waals surface area contributed by atoms with E-state index in [9.17, 15) is 4.79 Å². The Morgan fingerprint density at radius 2 is 2.47 bits per heavy atom. The van der Waals surface area contributed by atoms with Gasteiger partial charge in [-0.2, -0.15) is 0 Å². The van der Waals surface area contributed by atoms with Gasteiger partial charge < -0.3 is 5.32 Å². The van der Waals surface area contributed by atoms with Crippen molar-refractivity contribution < 1.29 is 4.79 Å². The molecule has 15 heavy (non-hydrogen) atoms. The Kier molecular flexibility index (Phi) is 2.81. The summed E-state index contributed by atoms with van der Waals surface area (Å²) in [4.78, 5) is 11.8. The van der Waals surface area contributed by atoms with Crippen LogP contribution in [0.4, 0.5) is 0 Å². The maximum absolute atomic E-state index is 11.8. The zero-order valence-corrected chi connectivity index (χ0v) is 9.10. The molecule has 5 heteroatoms. The van der Waals surface area contributed by atoms with E-state index in [0.717, 1.165) is 19.5 Å². The van der Waals surface area contributed by atoms with Crippen molar-refractivity contribution in [3.63, 3.8) is 0 Å². The second-order valence-corrected chi connectivity index (χ2v) is 4.07. The maximum Gasteiger partial charge on any atom is 0.187 e. The molecular formula is C10H16N4O. The lowest BCUT2D eigenvalue weighted by atomic mass is 10.0. The summed E-state index contributed by atoms with van der Waals surface area (Å²) in [7, 11) is 0. The minimum absolute atomic E-state index is 0.0367. The van der Waals surface area contributed by atoms with Gasteiger partial charge in [-0.25, -0.2) is 4.68 Å². The van der Waals surface area contributed by atoms with Crippen LogP contribution in [0.1, 0.15) is 36.8 Å². The first-order chi connectivity index (χ1) is 7.22. The molecule has 2 heterocycles. The first kappa shape index (κ1) is 10.3. The lowest BCUT2D eigenvalue weighted by molar-refractivity contribution is 0.0922. The summed E-state index contributed by atoms with van der Waals surface area (Å²) in [6.07, 6.45) is 2.61. The summed E-state index contributed by atoms with van der Waals surface area (Å²) in [6.45, 7) is 5.76. The van der Waals surface area contributed by atoms with Crippen molar-refractivity contribution in [1.29, 1.82) is 0 Å². The number of hydrogen-bond acceptors (Lipinski definition) is 4. The normalized spacial score (nSPS) is 18.5. The molecule has 0 bridgehead atoms. The van der Waals surface area contributed by atoms with Crippen molar-refractivity contribution in [3.8, 4) is 0 Å². The van der Waals surface area contributed by atoms with E-state index < -0.39 is 0 Å². The van der Waals surface area contributed by atoms with Crippen LogP contribution in [0.3, 0.4) is 0 Å². The summed E-state index contributed by atoms with van der Waals surface area (Å²) in [6, 6.07) is 0.371. The van der Waals surface area contributed by atoms with Gasteiger partial charge in [0.1, 0.15) is 5.69 Å². The van der Waals surface area contributed by atoms with Gasteiger partial charge in [0, 0.05) is 19.0 Å². The Morgan fingerprint density at radius 1 is 1.73 bits per heavy atom. The molecule has 1 atom stereocenters. The minimum atomic E-state index is 0.0367. The summed E-state index contributed by atoms with van der Waals surface area (Å²) in [5.74, 6) is 0.130. The molecule has 0 spiro atoms. The van der Waals surface area contributed by atoms with Crippen molar-refractivity contribution in [2.45, 2.75) is 26.3 Å². The van der Waals surface area contributed by atoms with Gasteiger partial charge in [-0.3, -0.25) is 4.79 Å². The average Bonchev–Trinajstić information content (AvgIpc) is 2.62. The fourth-order valence-electron chi connectivity index (χ4n) is 1.47. The monoisotopic (exact) mass is 208 g/mol. The fraction of sp³-hybridized carbons (Fsp3) is 0.700. The van der Waals surface area contributed by atoms with E-state index in [2.05, 4.69) is 15.6 Å². The molecule has 0 amide bonds. The van der Waals surface area contributed by atoms with Crippen LogP contribution < -0.4 is 5.32 Å². The maximum atomic E-state index is 11.8. The largest absolute Gasteiger partial charge is 0.312 e. The second kappa shape index (κ2) is 4.10. The zero-order chi connectivity index (χ0) is 10.8. The van der Waals surface area contributed by atoms with Gasteiger partial charge in [-0.15, -0.1) is 5.10 Å². The third kappa shape index (κ3) is 1.92.